The average Bonchev–Trinajstić information content (AvgIpc) is 2.82. The monoisotopic (exact) mass is 258 g/mol. The predicted molar refractivity (Wildman–Crippen MR) is 75.0 cm³/mol. The lowest BCUT2D eigenvalue weighted by atomic mass is 9.98. The van der Waals surface area contributed by atoms with Gasteiger partial charge in [0, 0.05) is 22.8 Å². The minimum atomic E-state index is -0.233. The first-order valence-corrected chi connectivity index (χ1v) is 6.81. The molecule has 1 aliphatic rings. The first-order valence-electron chi connectivity index (χ1n) is 6.81. The van der Waals surface area contributed by atoms with Crippen LogP contribution in [0.3, 0.4) is 0 Å². The molecule has 4 nitrogen and oxygen atoms in total. The maximum Gasteiger partial charge on any atom is 0.340 e. The van der Waals surface area contributed by atoms with Crippen molar-refractivity contribution >= 4 is 22.6 Å². The van der Waals surface area contributed by atoms with E-state index in [1.807, 2.05) is 12.1 Å². The molecule has 0 saturated heterocycles. The molecule has 1 aromatic heterocycles. The largest absolute Gasteiger partial charge is 0.459 e. The number of fused-ring (bicyclic) bond motifs is 1. The molecule has 0 amide bonds. The van der Waals surface area contributed by atoms with Gasteiger partial charge in [-0.3, -0.25) is 0 Å². The Morgan fingerprint density at radius 1 is 1.26 bits per heavy atom. The molecule has 1 heterocycles. The maximum atomic E-state index is 12.2. The number of aromatic nitrogens is 1. The number of anilines is 1. The van der Waals surface area contributed by atoms with E-state index in [-0.39, 0.29) is 12.1 Å². The molecule has 2 aromatic rings. The van der Waals surface area contributed by atoms with E-state index in [2.05, 4.69) is 4.98 Å². The topological polar surface area (TPSA) is 68.1 Å². The molecule has 0 bridgehead atoms. The lowest BCUT2D eigenvalue weighted by Gasteiger charge is -2.21. The molecule has 19 heavy (non-hydrogen) atoms. The number of benzene rings is 1. The molecular formula is C15H18N2O2. The van der Waals surface area contributed by atoms with Crippen LogP contribution in [0.25, 0.3) is 10.9 Å². The van der Waals surface area contributed by atoms with Crippen molar-refractivity contribution in [3.63, 3.8) is 0 Å². The van der Waals surface area contributed by atoms with Gasteiger partial charge in [0.05, 0.1) is 5.56 Å². The first kappa shape index (κ1) is 12.1. The van der Waals surface area contributed by atoms with E-state index in [1.54, 1.807) is 12.3 Å². The van der Waals surface area contributed by atoms with Crippen molar-refractivity contribution in [2.24, 2.45) is 0 Å². The number of nitrogen functional groups attached to an aromatic ring is 1. The third-order valence-electron chi connectivity index (χ3n) is 3.75. The van der Waals surface area contributed by atoms with Crippen molar-refractivity contribution in [3.05, 3.63) is 30.0 Å². The first-order chi connectivity index (χ1) is 9.24. The van der Waals surface area contributed by atoms with Crippen LogP contribution in [0.1, 0.15) is 42.5 Å². The highest BCUT2D eigenvalue weighted by molar-refractivity contribution is 6.04. The standard InChI is InChI=1S/C15H18N2O2/c16-10-6-7-12-13(9-17-14(12)8-10)15(18)19-11-4-2-1-3-5-11/h6-9,11,17H,1-5,16H2. The number of hydrogen-bond acceptors (Lipinski definition) is 3. The Morgan fingerprint density at radius 3 is 2.84 bits per heavy atom. The van der Waals surface area contributed by atoms with Gasteiger partial charge >= 0.3 is 5.97 Å². The third-order valence-corrected chi connectivity index (χ3v) is 3.75. The highest BCUT2D eigenvalue weighted by Gasteiger charge is 2.20. The number of carbonyl (C=O) groups is 1. The number of H-pyrrole nitrogens is 1. The number of carbonyl (C=O) groups excluding carboxylic acids is 1. The van der Waals surface area contributed by atoms with Crippen molar-refractivity contribution in [1.29, 1.82) is 0 Å². The fourth-order valence-electron chi connectivity index (χ4n) is 2.71. The van der Waals surface area contributed by atoms with Gasteiger partial charge in [-0.05, 0) is 43.9 Å². The van der Waals surface area contributed by atoms with Crippen LogP contribution in [0.2, 0.25) is 0 Å². The molecule has 0 atom stereocenters. The van der Waals surface area contributed by atoms with Gasteiger partial charge in [-0.15, -0.1) is 0 Å². The molecule has 0 radical (unpaired) electrons. The highest BCUT2D eigenvalue weighted by Crippen LogP contribution is 2.25. The number of nitrogens with two attached hydrogens (primary N) is 1. The van der Waals surface area contributed by atoms with Gasteiger partial charge in [0.15, 0.2) is 0 Å². The lowest BCUT2D eigenvalue weighted by molar-refractivity contribution is 0.0213. The Bertz CT molecular complexity index is 597. The van der Waals surface area contributed by atoms with Crippen molar-refractivity contribution in [1.82, 2.24) is 4.98 Å². The number of rotatable bonds is 2. The van der Waals surface area contributed by atoms with E-state index in [4.69, 9.17) is 10.5 Å². The highest BCUT2D eigenvalue weighted by atomic mass is 16.5. The summed E-state index contributed by atoms with van der Waals surface area (Å²) in [6.07, 6.45) is 7.32. The molecule has 1 fully saturated rings. The molecule has 3 N–H and O–H groups in total. The Balaban J connectivity index is 1.81. The minimum Gasteiger partial charge on any atom is -0.459 e. The quantitative estimate of drug-likeness (QED) is 0.642. The van der Waals surface area contributed by atoms with Crippen LogP contribution in [-0.2, 0) is 4.74 Å². The zero-order chi connectivity index (χ0) is 13.2. The molecule has 1 saturated carbocycles. The second kappa shape index (κ2) is 4.96. The molecule has 100 valence electrons. The van der Waals surface area contributed by atoms with Gasteiger partial charge in [-0.25, -0.2) is 4.79 Å². The summed E-state index contributed by atoms with van der Waals surface area (Å²) in [6, 6.07) is 5.49. The summed E-state index contributed by atoms with van der Waals surface area (Å²) in [5.41, 5.74) is 7.87. The normalized spacial score (nSPS) is 16.6. The minimum absolute atomic E-state index is 0.0833. The number of esters is 1. The Labute approximate surface area is 111 Å². The molecular weight excluding hydrogens is 240 g/mol. The van der Waals surface area contributed by atoms with E-state index in [0.717, 1.165) is 36.6 Å². The molecule has 0 spiro atoms. The lowest BCUT2D eigenvalue weighted by Crippen LogP contribution is -2.20. The van der Waals surface area contributed by atoms with Gasteiger partial charge in [0.2, 0.25) is 0 Å². The number of ether oxygens (including phenoxy) is 1. The molecule has 3 rings (SSSR count). The van der Waals surface area contributed by atoms with Crippen molar-refractivity contribution < 1.29 is 9.53 Å². The van der Waals surface area contributed by atoms with E-state index < -0.39 is 0 Å². The summed E-state index contributed by atoms with van der Waals surface area (Å²) in [7, 11) is 0. The van der Waals surface area contributed by atoms with E-state index >= 15 is 0 Å². The van der Waals surface area contributed by atoms with E-state index in [9.17, 15) is 4.79 Å². The zero-order valence-electron chi connectivity index (χ0n) is 10.8. The maximum absolute atomic E-state index is 12.2. The van der Waals surface area contributed by atoms with E-state index in [0.29, 0.717) is 11.3 Å². The number of nitrogens with one attached hydrogen (secondary N) is 1. The van der Waals surface area contributed by atoms with E-state index in [1.165, 1.54) is 6.42 Å². The van der Waals surface area contributed by atoms with Crippen LogP contribution in [-0.4, -0.2) is 17.1 Å². The molecule has 0 aliphatic heterocycles. The van der Waals surface area contributed by atoms with Crippen LogP contribution in [0.15, 0.2) is 24.4 Å². The summed E-state index contributed by atoms with van der Waals surface area (Å²) in [5, 5.41) is 0.870. The number of aromatic amines is 1. The average molecular weight is 258 g/mol. The summed E-state index contributed by atoms with van der Waals surface area (Å²) in [6.45, 7) is 0. The predicted octanol–water partition coefficient (Wildman–Crippen LogP) is 3.24. The molecule has 4 heteroatoms. The Morgan fingerprint density at radius 2 is 2.05 bits per heavy atom. The fourth-order valence-corrected chi connectivity index (χ4v) is 2.71. The zero-order valence-corrected chi connectivity index (χ0v) is 10.8. The van der Waals surface area contributed by atoms with Gasteiger partial charge in [0.1, 0.15) is 6.10 Å². The summed E-state index contributed by atoms with van der Waals surface area (Å²) in [5.74, 6) is -0.233. The van der Waals surface area contributed by atoms with Crippen LogP contribution in [0.4, 0.5) is 5.69 Å². The third kappa shape index (κ3) is 2.43. The van der Waals surface area contributed by atoms with Crippen molar-refractivity contribution in [3.8, 4) is 0 Å². The summed E-state index contributed by atoms with van der Waals surface area (Å²) in [4.78, 5) is 15.3. The van der Waals surface area contributed by atoms with Crippen LogP contribution in [0.5, 0.6) is 0 Å². The smallest absolute Gasteiger partial charge is 0.340 e. The van der Waals surface area contributed by atoms with Crippen LogP contribution < -0.4 is 5.73 Å². The molecule has 1 aliphatic carbocycles. The SMILES string of the molecule is Nc1ccc2c(C(=O)OC3CCCCC3)c[nH]c2c1. The second-order valence-electron chi connectivity index (χ2n) is 5.17. The van der Waals surface area contributed by atoms with Gasteiger partial charge in [-0.1, -0.05) is 6.42 Å². The van der Waals surface area contributed by atoms with Crippen LogP contribution >= 0.6 is 0 Å². The van der Waals surface area contributed by atoms with Gasteiger partial charge in [-0.2, -0.15) is 0 Å². The number of hydrogen-bond donors (Lipinski definition) is 2. The van der Waals surface area contributed by atoms with Crippen LogP contribution in [0, 0.1) is 0 Å². The molecule has 1 aromatic carbocycles. The summed E-state index contributed by atoms with van der Waals surface area (Å²) < 4.78 is 5.58. The molecule has 0 unspecified atom stereocenters. The van der Waals surface area contributed by atoms with Gasteiger partial charge < -0.3 is 15.5 Å². The van der Waals surface area contributed by atoms with Crippen molar-refractivity contribution in [2.75, 3.05) is 5.73 Å². The second-order valence-corrected chi connectivity index (χ2v) is 5.17. The Kier molecular flexibility index (Phi) is 3.15. The van der Waals surface area contributed by atoms with Gasteiger partial charge in [0.25, 0.3) is 0 Å². The Hall–Kier alpha value is -1.97. The summed E-state index contributed by atoms with van der Waals surface area (Å²) >= 11 is 0. The fraction of sp³-hybridized carbons (Fsp3) is 0.400. The van der Waals surface area contributed by atoms with Crippen molar-refractivity contribution in [2.45, 2.75) is 38.2 Å².